The maximum absolute atomic E-state index is 9.72. The summed E-state index contributed by atoms with van der Waals surface area (Å²) < 4.78 is 5.64. The lowest BCUT2D eigenvalue weighted by molar-refractivity contribution is 0.412. The minimum Gasteiger partial charge on any atom is -0.508 e. The number of aryl methyl sites for hydroxylation is 2. The first-order valence-electron chi connectivity index (χ1n) is 7.22. The molecular weight excluding hydrogens is 266 g/mol. The summed E-state index contributed by atoms with van der Waals surface area (Å²) in [7, 11) is 0. The standard InChI is InChI=1S/C16H23N3O2/c1-11-7-8-12(10-13(11)20)15-19-18-14(21-15)6-5-9-17-16(2,3)4/h7-8,10,17,20H,5-6,9H2,1-4H3. The van der Waals surface area contributed by atoms with Crippen molar-refractivity contribution in [3.05, 3.63) is 29.7 Å². The van der Waals surface area contributed by atoms with Crippen molar-refractivity contribution in [2.24, 2.45) is 0 Å². The smallest absolute Gasteiger partial charge is 0.247 e. The molecule has 0 saturated carbocycles. The largest absolute Gasteiger partial charge is 0.508 e. The Balaban J connectivity index is 1.93. The quantitative estimate of drug-likeness (QED) is 0.828. The molecule has 2 rings (SSSR count). The fraction of sp³-hybridized carbons (Fsp3) is 0.500. The monoisotopic (exact) mass is 289 g/mol. The van der Waals surface area contributed by atoms with Crippen molar-refractivity contribution in [3.63, 3.8) is 0 Å². The Labute approximate surface area is 125 Å². The van der Waals surface area contributed by atoms with Gasteiger partial charge in [-0.25, -0.2) is 0 Å². The van der Waals surface area contributed by atoms with E-state index in [0.717, 1.165) is 30.5 Å². The molecule has 0 amide bonds. The van der Waals surface area contributed by atoms with E-state index in [2.05, 4.69) is 36.3 Å². The van der Waals surface area contributed by atoms with E-state index in [1.807, 2.05) is 19.1 Å². The molecule has 0 saturated heterocycles. The highest BCUT2D eigenvalue weighted by Crippen LogP contribution is 2.25. The van der Waals surface area contributed by atoms with Crippen LogP contribution in [0.4, 0.5) is 0 Å². The number of rotatable bonds is 5. The summed E-state index contributed by atoms with van der Waals surface area (Å²) in [6, 6.07) is 5.35. The topological polar surface area (TPSA) is 71.2 Å². The number of nitrogens with one attached hydrogen (secondary N) is 1. The molecule has 0 atom stereocenters. The highest BCUT2D eigenvalue weighted by atomic mass is 16.4. The van der Waals surface area contributed by atoms with Crippen LogP contribution in [-0.2, 0) is 6.42 Å². The molecule has 0 aliphatic rings. The van der Waals surface area contributed by atoms with Gasteiger partial charge in [0.05, 0.1) is 0 Å². The number of phenols is 1. The number of nitrogens with zero attached hydrogens (tertiary/aromatic N) is 2. The van der Waals surface area contributed by atoms with Gasteiger partial charge in [0.1, 0.15) is 5.75 Å². The Morgan fingerprint density at radius 2 is 2.00 bits per heavy atom. The highest BCUT2D eigenvalue weighted by molar-refractivity contribution is 5.57. The van der Waals surface area contributed by atoms with E-state index >= 15 is 0 Å². The number of hydrogen-bond acceptors (Lipinski definition) is 5. The van der Waals surface area contributed by atoms with Crippen LogP contribution in [0.25, 0.3) is 11.5 Å². The average molecular weight is 289 g/mol. The fourth-order valence-corrected chi connectivity index (χ4v) is 1.92. The van der Waals surface area contributed by atoms with Crippen LogP contribution in [0.3, 0.4) is 0 Å². The summed E-state index contributed by atoms with van der Waals surface area (Å²) in [5.41, 5.74) is 1.69. The summed E-state index contributed by atoms with van der Waals surface area (Å²) in [5, 5.41) is 21.2. The van der Waals surface area contributed by atoms with Gasteiger partial charge in [-0.3, -0.25) is 0 Å². The maximum Gasteiger partial charge on any atom is 0.247 e. The van der Waals surface area contributed by atoms with Gasteiger partial charge in [0.25, 0.3) is 0 Å². The lowest BCUT2D eigenvalue weighted by Gasteiger charge is -2.19. The predicted molar refractivity (Wildman–Crippen MR) is 82.2 cm³/mol. The average Bonchev–Trinajstić information content (AvgIpc) is 2.86. The third-order valence-electron chi connectivity index (χ3n) is 3.15. The maximum atomic E-state index is 9.72. The van der Waals surface area contributed by atoms with Crippen LogP contribution < -0.4 is 5.32 Å². The lowest BCUT2D eigenvalue weighted by Crippen LogP contribution is -2.36. The SMILES string of the molecule is Cc1ccc(-c2nnc(CCCNC(C)(C)C)o2)cc1O. The van der Waals surface area contributed by atoms with Crippen LogP contribution in [0.2, 0.25) is 0 Å². The van der Waals surface area contributed by atoms with Crippen molar-refractivity contribution in [1.82, 2.24) is 15.5 Å². The van der Waals surface area contributed by atoms with Gasteiger partial charge < -0.3 is 14.8 Å². The van der Waals surface area contributed by atoms with E-state index < -0.39 is 0 Å². The molecule has 0 aliphatic carbocycles. The molecule has 5 nitrogen and oxygen atoms in total. The summed E-state index contributed by atoms with van der Waals surface area (Å²) in [5.74, 6) is 1.31. The summed E-state index contributed by atoms with van der Waals surface area (Å²) in [6.45, 7) is 9.18. The van der Waals surface area contributed by atoms with Crippen molar-refractivity contribution >= 4 is 0 Å². The molecule has 0 spiro atoms. The molecule has 2 N–H and O–H groups in total. The van der Waals surface area contributed by atoms with Crippen LogP contribution in [0.15, 0.2) is 22.6 Å². The summed E-state index contributed by atoms with van der Waals surface area (Å²) in [6.07, 6.45) is 1.69. The van der Waals surface area contributed by atoms with Gasteiger partial charge in [-0.1, -0.05) is 6.07 Å². The summed E-state index contributed by atoms with van der Waals surface area (Å²) in [4.78, 5) is 0. The second-order valence-corrected chi connectivity index (χ2v) is 6.28. The molecule has 0 bridgehead atoms. The van der Waals surface area contributed by atoms with E-state index in [0.29, 0.717) is 11.8 Å². The molecule has 1 heterocycles. The van der Waals surface area contributed by atoms with Crippen LogP contribution in [-0.4, -0.2) is 27.4 Å². The fourth-order valence-electron chi connectivity index (χ4n) is 1.92. The van der Waals surface area contributed by atoms with E-state index in [9.17, 15) is 5.11 Å². The first-order chi connectivity index (χ1) is 9.85. The molecule has 21 heavy (non-hydrogen) atoms. The molecule has 114 valence electrons. The van der Waals surface area contributed by atoms with E-state index in [4.69, 9.17) is 4.42 Å². The van der Waals surface area contributed by atoms with Crippen molar-refractivity contribution in [2.75, 3.05) is 6.54 Å². The van der Waals surface area contributed by atoms with Gasteiger partial charge >= 0.3 is 0 Å². The molecule has 1 aromatic heterocycles. The van der Waals surface area contributed by atoms with Crippen molar-refractivity contribution < 1.29 is 9.52 Å². The molecule has 5 heteroatoms. The number of aromatic hydroxyl groups is 1. The summed E-state index contributed by atoms with van der Waals surface area (Å²) >= 11 is 0. The van der Waals surface area contributed by atoms with Gasteiger partial charge in [-0.15, -0.1) is 10.2 Å². The van der Waals surface area contributed by atoms with E-state index in [-0.39, 0.29) is 11.3 Å². The molecule has 0 radical (unpaired) electrons. The minimum absolute atomic E-state index is 0.124. The van der Waals surface area contributed by atoms with Crippen LogP contribution in [0.5, 0.6) is 5.75 Å². The second-order valence-electron chi connectivity index (χ2n) is 6.28. The van der Waals surface area contributed by atoms with Crippen molar-refractivity contribution in [2.45, 2.75) is 46.1 Å². The van der Waals surface area contributed by atoms with Crippen LogP contribution in [0.1, 0.15) is 38.6 Å². The molecular formula is C16H23N3O2. The zero-order chi connectivity index (χ0) is 15.5. The number of phenolic OH excluding ortho intramolecular Hbond substituents is 1. The predicted octanol–water partition coefficient (Wildman–Crippen LogP) is 3.07. The third kappa shape index (κ3) is 4.56. The van der Waals surface area contributed by atoms with Crippen LogP contribution >= 0.6 is 0 Å². The molecule has 0 unspecified atom stereocenters. The molecule has 0 aliphatic heterocycles. The highest BCUT2D eigenvalue weighted by Gasteiger charge is 2.11. The van der Waals surface area contributed by atoms with Gasteiger partial charge in [0, 0.05) is 17.5 Å². The van der Waals surface area contributed by atoms with Gasteiger partial charge in [-0.05, 0) is 58.4 Å². The number of aromatic nitrogens is 2. The van der Waals surface area contributed by atoms with E-state index in [1.54, 1.807) is 6.07 Å². The zero-order valence-corrected chi connectivity index (χ0v) is 13.1. The second kappa shape index (κ2) is 6.26. The normalized spacial score (nSPS) is 11.8. The molecule has 0 fully saturated rings. The van der Waals surface area contributed by atoms with E-state index in [1.165, 1.54) is 0 Å². The molecule has 1 aromatic carbocycles. The van der Waals surface area contributed by atoms with Gasteiger partial charge in [0.15, 0.2) is 0 Å². The van der Waals surface area contributed by atoms with Crippen molar-refractivity contribution in [1.29, 1.82) is 0 Å². The van der Waals surface area contributed by atoms with Gasteiger partial charge in [0.2, 0.25) is 11.8 Å². The third-order valence-corrected chi connectivity index (χ3v) is 3.15. The lowest BCUT2D eigenvalue weighted by atomic mass is 10.1. The Hall–Kier alpha value is -1.88. The Morgan fingerprint density at radius 3 is 2.67 bits per heavy atom. The number of benzene rings is 1. The Kier molecular flexibility index (Phi) is 4.63. The minimum atomic E-state index is 0.124. The van der Waals surface area contributed by atoms with Crippen LogP contribution in [0, 0.1) is 6.92 Å². The molecule has 2 aromatic rings. The Morgan fingerprint density at radius 1 is 1.24 bits per heavy atom. The first-order valence-corrected chi connectivity index (χ1v) is 7.22. The first kappa shape index (κ1) is 15.5. The van der Waals surface area contributed by atoms with Gasteiger partial charge in [-0.2, -0.15) is 0 Å². The Bertz CT molecular complexity index is 600. The zero-order valence-electron chi connectivity index (χ0n) is 13.1. The number of hydrogen-bond donors (Lipinski definition) is 2. The van der Waals surface area contributed by atoms with Crippen molar-refractivity contribution in [3.8, 4) is 17.2 Å².